The molecule has 1 aliphatic rings. The van der Waals surface area contributed by atoms with E-state index in [-0.39, 0.29) is 17.0 Å². The van der Waals surface area contributed by atoms with Gasteiger partial charge in [0.1, 0.15) is 5.52 Å². The molecule has 2 heterocycles. The summed E-state index contributed by atoms with van der Waals surface area (Å²) < 4.78 is 7.01. The molecule has 0 radical (unpaired) electrons. The van der Waals surface area contributed by atoms with Gasteiger partial charge in [-0.1, -0.05) is 18.7 Å². The number of fused-ring (bicyclic) bond motifs is 1. The summed E-state index contributed by atoms with van der Waals surface area (Å²) in [5.74, 6) is 0. The lowest BCUT2D eigenvalue weighted by atomic mass is 10.2. The first-order chi connectivity index (χ1) is 9.61. The van der Waals surface area contributed by atoms with Gasteiger partial charge in [-0.25, -0.2) is 0 Å². The molecule has 0 atom stereocenters. The molecule has 0 saturated carbocycles. The summed E-state index contributed by atoms with van der Waals surface area (Å²) in [4.78, 5) is 6.88. The molecular weight excluding hydrogens is 330 g/mol. The number of benzene rings is 1. The summed E-state index contributed by atoms with van der Waals surface area (Å²) >= 11 is 0. The number of hydrogen-bond donors (Lipinski definition) is 0. The predicted octanol–water partition coefficient (Wildman–Crippen LogP) is -0.407. The van der Waals surface area contributed by atoms with Gasteiger partial charge in [-0.05, 0) is 24.6 Å². The zero-order valence-electron chi connectivity index (χ0n) is 12.7. The van der Waals surface area contributed by atoms with Crippen molar-refractivity contribution in [2.45, 2.75) is 6.92 Å². The Morgan fingerprint density at radius 2 is 2.10 bits per heavy atom. The Morgan fingerprint density at radius 3 is 2.71 bits per heavy atom. The number of quaternary nitrogens is 1. The third kappa shape index (κ3) is 3.14. The van der Waals surface area contributed by atoms with Crippen molar-refractivity contribution >= 4 is 17.1 Å². The van der Waals surface area contributed by atoms with Crippen LogP contribution in [-0.4, -0.2) is 49.2 Å². The van der Waals surface area contributed by atoms with Gasteiger partial charge >= 0.3 is 0 Å². The number of aryl methyl sites for hydroxylation is 1. The standard InChI is InChI=1S/C16H22N3O.BrH/c1-4-10-19(3)11-8-18(9-12-19)16-17-14-7-5-6-13(2)15(14)20-16;/h4-7H,1,8-12H2,2-3H3;1H/q+1;/p-1. The predicted molar refractivity (Wildman–Crippen MR) is 81.9 cm³/mol. The average molecular weight is 352 g/mol. The van der Waals surface area contributed by atoms with Crippen LogP contribution in [0.15, 0.2) is 35.3 Å². The number of oxazole rings is 1. The van der Waals surface area contributed by atoms with Crippen LogP contribution in [0.2, 0.25) is 0 Å². The zero-order chi connectivity index (χ0) is 14.2. The summed E-state index contributed by atoms with van der Waals surface area (Å²) in [7, 11) is 2.29. The summed E-state index contributed by atoms with van der Waals surface area (Å²) in [6, 6.07) is 6.86. The lowest BCUT2D eigenvalue weighted by Crippen LogP contribution is -3.00. The van der Waals surface area contributed by atoms with Crippen LogP contribution >= 0.6 is 0 Å². The number of hydrogen-bond acceptors (Lipinski definition) is 3. The third-order valence-electron chi connectivity index (χ3n) is 4.26. The highest BCUT2D eigenvalue weighted by atomic mass is 79.9. The Balaban J connectivity index is 0.00000161. The van der Waals surface area contributed by atoms with Crippen molar-refractivity contribution in [3.8, 4) is 0 Å². The van der Waals surface area contributed by atoms with Crippen LogP contribution < -0.4 is 21.9 Å². The second-order valence-corrected chi connectivity index (χ2v) is 5.94. The fraction of sp³-hybridized carbons (Fsp3) is 0.438. The van der Waals surface area contributed by atoms with E-state index in [4.69, 9.17) is 4.42 Å². The van der Waals surface area contributed by atoms with Crippen molar-refractivity contribution < 1.29 is 25.9 Å². The van der Waals surface area contributed by atoms with E-state index in [1.807, 2.05) is 18.2 Å². The molecule has 1 fully saturated rings. The second kappa shape index (κ2) is 6.20. The monoisotopic (exact) mass is 351 g/mol. The van der Waals surface area contributed by atoms with E-state index in [1.54, 1.807) is 0 Å². The molecular formula is C16H22BrN3O. The number of piperazine rings is 1. The number of likely N-dealkylation sites (N-methyl/N-ethyl adjacent to an activating group) is 1. The molecule has 2 aromatic rings. The molecule has 0 bridgehead atoms. The normalized spacial score (nSPS) is 17.5. The number of rotatable bonds is 3. The summed E-state index contributed by atoms with van der Waals surface area (Å²) in [5.41, 5.74) is 3.01. The maximum absolute atomic E-state index is 5.95. The van der Waals surface area contributed by atoms with E-state index in [0.29, 0.717) is 0 Å². The fourth-order valence-corrected chi connectivity index (χ4v) is 2.84. The van der Waals surface area contributed by atoms with Crippen LogP contribution in [0.25, 0.3) is 11.1 Å². The molecule has 1 aromatic heterocycles. The van der Waals surface area contributed by atoms with Crippen molar-refractivity contribution in [3.05, 3.63) is 36.4 Å². The van der Waals surface area contributed by atoms with E-state index in [0.717, 1.165) is 59.9 Å². The first-order valence-corrected chi connectivity index (χ1v) is 7.17. The molecule has 1 aromatic carbocycles. The molecule has 114 valence electrons. The van der Waals surface area contributed by atoms with Gasteiger partial charge in [-0.2, -0.15) is 4.98 Å². The third-order valence-corrected chi connectivity index (χ3v) is 4.26. The van der Waals surface area contributed by atoms with Gasteiger partial charge in [0.2, 0.25) is 0 Å². The topological polar surface area (TPSA) is 29.3 Å². The Kier molecular flexibility index (Phi) is 4.74. The molecule has 1 aliphatic heterocycles. The Bertz CT molecular complexity index is 629. The van der Waals surface area contributed by atoms with Gasteiger partial charge in [0, 0.05) is 0 Å². The number of aromatic nitrogens is 1. The van der Waals surface area contributed by atoms with Crippen LogP contribution in [0.4, 0.5) is 6.01 Å². The van der Waals surface area contributed by atoms with Gasteiger partial charge in [0.25, 0.3) is 6.01 Å². The zero-order valence-corrected chi connectivity index (χ0v) is 14.3. The van der Waals surface area contributed by atoms with E-state index < -0.39 is 0 Å². The smallest absolute Gasteiger partial charge is 0.298 e. The Morgan fingerprint density at radius 1 is 1.38 bits per heavy atom. The quantitative estimate of drug-likeness (QED) is 0.556. The van der Waals surface area contributed by atoms with Gasteiger partial charge in [0.05, 0.1) is 39.8 Å². The number of para-hydroxylation sites is 1. The fourth-order valence-electron chi connectivity index (χ4n) is 2.84. The van der Waals surface area contributed by atoms with E-state index in [1.165, 1.54) is 0 Å². The minimum Gasteiger partial charge on any atom is -1.00 e. The summed E-state index contributed by atoms with van der Waals surface area (Å²) in [5, 5.41) is 0. The van der Waals surface area contributed by atoms with Crippen molar-refractivity contribution in [2.24, 2.45) is 0 Å². The number of anilines is 1. The number of nitrogens with zero attached hydrogens (tertiary/aromatic N) is 3. The molecule has 0 aliphatic carbocycles. The van der Waals surface area contributed by atoms with E-state index in [9.17, 15) is 0 Å². The minimum absolute atomic E-state index is 0. The molecule has 3 rings (SSSR count). The van der Waals surface area contributed by atoms with Crippen LogP contribution in [0.1, 0.15) is 5.56 Å². The highest BCUT2D eigenvalue weighted by Crippen LogP contribution is 2.25. The average Bonchev–Trinajstić information content (AvgIpc) is 2.85. The Hall–Kier alpha value is -1.33. The highest BCUT2D eigenvalue weighted by molar-refractivity contribution is 5.77. The van der Waals surface area contributed by atoms with Crippen LogP contribution in [0.5, 0.6) is 0 Å². The van der Waals surface area contributed by atoms with Gasteiger partial charge in [-0.15, -0.1) is 0 Å². The van der Waals surface area contributed by atoms with E-state index in [2.05, 4.69) is 36.5 Å². The maximum atomic E-state index is 5.95. The second-order valence-electron chi connectivity index (χ2n) is 5.94. The van der Waals surface area contributed by atoms with Crippen molar-refractivity contribution in [2.75, 3.05) is 44.7 Å². The van der Waals surface area contributed by atoms with Crippen molar-refractivity contribution in [3.63, 3.8) is 0 Å². The SMILES string of the molecule is C=CC[N+]1(C)CCN(c2nc3cccc(C)c3o2)CC1.[Br-]. The molecule has 0 unspecified atom stereocenters. The van der Waals surface area contributed by atoms with Gasteiger partial charge in [0.15, 0.2) is 5.58 Å². The molecule has 21 heavy (non-hydrogen) atoms. The van der Waals surface area contributed by atoms with E-state index >= 15 is 0 Å². The lowest BCUT2D eigenvalue weighted by Gasteiger charge is -2.40. The minimum atomic E-state index is 0. The largest absolute Gasteiger partial charge is 1.00 e. The number of halogens is 1. The van der Waals surface area contributed by atoms with Gasteiger partial charge in [-0.3, -0.25) is 0 Å². The van der Waals surface area contributed by atoms with Crippen molar-refractivity contribution in [1.29, 1.82) is 0 Å². The van der Waals surface area contributed by atoms with Crippen LogP contribution in [0, 0.1) is 6.92 Å². The van der Waals surface area contributed by atoms with Gasteiger partial charge < -0.3 is 30.8 Å². The Labute approximate surface area is 136 Å². The maximum Gasteiger partial charge on any atom is 0.298 e. The summed E-state index contributed by atoms with van der Waals surface area (Å²) in [6.45, 7) is 11.1. The molecule has 1 saturated heterocycles. The first-order valence-electron chi connectivity index (χ1n) is 7.17. The molecule has 0 N–H and O–H groups in total. The summed E-state index contributed by atoms with van der Waals surface area (Å²) in [6.07, 6.45) is 2.01. The van der Waals surface area contributed by atoms with Crippen molar-refractivity contribution in [1.82, 2.24) is 4.98 Å². The highest BCUT2D eigenvalue weighted by Gasteiger charge is 2.29. The lowest BCUT2D eigenvalue weighted by molar-refractivity contribution is -0.904. The first kappa shape index (κ1) is 16.0. The molecule has 0 spiro atoms. The molecule has 0 amide bonds. The van der Waals surface area contributed by atoms with Crippen LogP contribution in [-0.2, 0) is 0 Å². The molecule has 4 nitrogen and oxygen atoms in total. The molecule has 5 heteroatoms. The van der Waals surface area contributed by atoms with Crippen LogP contribution in [0.3, 0.4) is 0 Å².